The van der Waals surface area contributed by atoms with Crippen molar-refractivity contribution in [3.8, 4) is 0 Å². The summed E-state index contributed by atoms with van der Waals surface area (Å²) < 4.78 is 0. The van der Waals surface area contributed by atoms with Crippen molar-refractivity contribution in [1.82, 2.24) is 20.3 Å². The van der Waals surface area contributed by atoms with Gasteiger partial charge in [-0.25, -0.2) is 9.97 Å². The lowest BCUT2D eigenvalue weighted by Crippen LogP contribution is -2.30. The Kier molecular flexibility index (Phi) is 4.88. The number of amides is 1. The second kappa shape index (κ2) is 7.32. The minimum absolute atomic E-state index is 0.0807. The quantitative estimate of drug-likeness (QED) is 0.615. The molecule has 0 radical (unpaired) electrons. The van der Waals surface area contributed by atoms with Crippen LogP contribution in [0.1, 0.15) is 44.6 Å². The third-order valence-corrected chi connectivity index (χ3v) is 6.52. The number of rotatable bonds is 6. The van der Waals surface area contributed by atoms with Crippen molar-refractivity contribution in [1.29, 1.82) is 0 Å². The van der Waals surface area contributed by atoms with Crippen LogP contribution in [0.25, 0.3) is 10.2 Å². The molecule has 0 fully saturated rings. The molecule has 1 aliphatic rings. The summed E-state index contributed by atoms with van der Waals surface area (Å²) in [6.45, 7) is 1.75. The van der Waals surface area contributed by atoms with E-state index < -0.39 is 0 Å². The summed E-state index contributed by atoms with van der Waals surface area (Å²) in [5, 5.41) is 5.82. The lowest BCUT2D eigenvalue weighted by atomic mass is 10.2. The van der Waals surface area contributed by atoms with E-state index in [2.05, 4.69) is 20.3 Å². The Morgan fingerprint density at radius 2 is 2.15 bits per heavy atom. The molecule has 4 rings (SSSR count). The molecule has 3 heterocycles. The molecule has 3 aromatic rings. The number of thiophene rings is 1. The summed E-state index contributed by atoms with van der Waals surface area (Å²) in [7, 11) is 0. The standard InChI is InChI=1S/C18H18N4O3S2/c1-9-20-11(8-26-9)12(23)7-19-15(24)6-5-14-21-17(25)16-10-3-2-4-13(10)27-18(16)22-14/h8H,2-7H2,1H3,(H,19,24)(H,21,22,25). The van der Waals surface area contributed by atoms with E-state index >= 15 is 0 Å². The number of ketones is 1. The molecule has 0 spiro atoms. The first kappa shape index (κ1) is 18.0. The Bertz CT molecular complexity index is 1100. The van der Waals surface area contributed by atoms with Gasteiger partial charge in [-0.15, -0.1) is 22.7 Å². The highest BCUT2D eigenvalue weighted by Gasteiger charge is 2.21. The van der Waals surface area contributed by atoms with Gasteiger partial charge in [0.15, 0.2) is 0 Å². The zero-order valence-electron chi connectivity index (χ0n) is 14.8. The van der Waals surface area contributed by atoms with Crippen LogP contribution in [0.5, 0.6) is 0 Å². The van der Waals surface area contributed by atoms with E-state index in [1.54, 1.807) is 16.7 Å². The maximum absolute atomic E-state index is 12.4. The molecule has 2 N–H and O–H groups in total. The number of hydrogen-bond acceptors (Lipinski definition) is 7. The summed E-state index contributed by atoms with van der Waals surface area (Å²) in [6.07, 6.45) is 3.53. The van der Waals surface area contributed by atoms with Gasteiger partial charge in [0.25, 0.3) is 5.56 Å². The lowest BCUT2D eigenvalue weighted by Gasteiger charge is -2.04. The smallest absolute Gasteiger partial charge is 0.259 e. The molecule has 3 aromatic heterocycles. The van der Waals surface area contributed by atoms with Crippen molar-refractivity contribution >= 4 is 44.6 Å². The second-order valence-electron chi connectivity index (χ2n) is 6.50. The van der Waals surface area contributed by atoms with Crippen LogP contribution in [0.15, 0.2) is 10.2 Å². The Hall–Kier alpha value is -2.39. The van der Waals surface area contributed by atoms with Crippen LogP contribution < -0.4 is 10.9 Å². The van der Waals surface area contributed by atoms with E-state index in [9.17, 15) is 14.4 Å². The fourth-order valence-electron chi connectivity index (χ4n) is 3.25. The summed E-state index contributed by atoms with van der Waals surface area (Å²) in [5.41, 5.74) is 1.40. The molecule has 1 aliphatic carbocycles. The molecule has 0 aliphatic heterocycles. The van der Waals surface area contributed by atoms with E-state index in [4.69, 9.17) is 0 Å². The van der Waals surface area contributed by atoms with E-state index in [1.165, 1.54) is 16.2 Å². The van der Waals surface area contributed by atoms with Crippen LogP contribution in [-0.2, 0) is 24.1 Å². The van der Waals surface area contributed by atoms with E-state index in [0.29, 0.717) is 23.3 Å². The van der Waals surface area contributed by atoms with Crippen LogP contribution in [-0.4, -0.2) is 33.2 Å². The van der Waals surface area contributed by atoms with Gasteiger partial charge in [-0.05, 0) is 31.7 Å². The molecule has 0 atom stereocenters. The molecule has 0 saturated heterocycles. The van der Waals surface area contributed by atoms with Crippen LogP contribution in [0.2, 0.25) is 0 Å². The minimum Gasteiger partial charge on any atom is -0.349 e. The minimum atomic E-state index is -0.258. The van der Waals surface area contributed by atoms with Gasteiger partial charge in [0, 0.05) is 23.1 Å². The van der Waals surface area contributed by atoms with Crippen molar-refractivity contribution in [2.75, 3.05) is 6.54 Å². The Labute approximate surface area is 162 Å². The van der Waals surface area contributed by atoms with E-state index in [1.807, 2.05) is 6.92 Å². The molecule has 7 nitrogen and oxygen atoms in total. The highest BCUT2D eigenvalue weighted by Crippen LogP contribution is 2.34. The second-order valence-corrected chi connectivity index (χ2v) is 8.65. The van der Waals surface area contributed by atoms with Gasteiger partial charge >= 0.3 is 0 Å². The number of fused-ring (bicyclic) bond motifs is 3. The maximum atomic E-state index is 12.4. The fraction of sp³-hybridized carbons (Fsp3) is 0.389. The molecule has 0 bridgehead atoms. The molecular formula is C18H18N4O3S2. The first-order valence-electron chi connectivity index (χ1n) is 8.76. The first-order valence-corrected chi connectivity index (χ1v) is 10.5. The van der Waals surface area contributed by atoms with Gasteiger partial charge in [0.1, 0.15) is 16.3 Å². The molecule has 1 amide bonds. The van der Waals surface area contributed by atoms with Crippen molar-refractivity contribution in [3.63, 3.8) is 0 Å². The first-order chi connectivity index (χ1) is 13.0. The Morgan fingerprint density at radius 1 is 1.30 bits per heavy atom. The number of hydrogen-bond donors (Lipinski definition) is 2. The largest absolute Gasteiger partial charge is 0.349 e. The summed E-state index contributed by atoms with van der Waals surface area (Å²) >= 11 is 2.98. The van der Waals surface area contributed by atoms with Crippen molar-refractivity contribution in [3.05, 3.63) is 42.7 Å². The third-order valence-electron chi connectivity index (χ3n) is 4.56. The topological polar surface area (TPSA) is 105 Å². The average Bonchev–Trinajstić information content (AvgIpc) is 3.33. The summed E-state index contributed by atoms with van der Waals surface area (Å²) in [6, 6.07) is 0. The number of thiazole rings is 1. The molecular weight excluding hydrogens is 384 g/mol. The number of nitrogens with one attached hydrogen (secondary N) is 2. The number of aromatic nitrogens is 3. The SMILES string of the molecule is Cc1nc(C(=O)CNC(=O)CCc2nc3sc4c(c3c(=O)[nH]2)CCC4)cs1. The average molecular weight is 403 g/mol. The van der Waals surface area contributed by atoms with Gasteiger partial charge in [0.2, 0.25) is 11.7 Å². The van der Waals surface area contributed by atoms with Gasteiger partial charge in [-0.3, -0.25) is 14.4 Å². The van der Waals surface area contributed by atoms with Crippen molar-refractivity contribution < 1.29 is 9.59 Å². The van der Waals surface area contributed by atoms with E-state index in [0.717, 1.165) is 34.7 Å². The predicted molar refractivity (Wildman–Crippen MR) is 105 cm³/mol. The van der Waals surface area contributed by atoms with Gasteiger partial charge in [-0.1, -0.05) is 0 Å². The highest BCUT2D eigenvalue weighted by atomic mass is 32.1. The fourth-order valence-corrected chi connectivity index (χ4v) is 5.14. The van der Waals surface area contributed by atoms with E-state index in [-0.39, 0.29) is 30.2 Å². The van der Waals surface area contributed by atoms with Crippen LogP contribution in [0.3, 0.4) is 0 Å². The Morgan fingerprint density at radius 3 is 2.93 bits per heavy atom. The van der Waals surface area contributed by atoms with Crippen molar-refractivity contribution in [2.24, 2.45) is 0 Å². The van der Waals surface area contributed by atoms with Crippen LogP contribution >= 0.6 is 22.7 Å². The molecule has 0 unspecified atom stereocenters. The summed E-state index contributed by atoms with van der Waals surface area (Å²) in [4.78, 5) is 49.8. The number of aromatic amines is 1. The lowest BCUT2D eigenvalue weighted by molar-refractivity contribution is -0.120. The Balaban J connectivity index is 1.36. The molecule has 0 saturated carbocycles. The number of H-pyrrole nitrogens is 1. The van der Waals surface area contributed by atoms with Crippen molar-refractivity contribution in [2.45, 2.75) is 39.0 Å². The third kappa shape index (κ3) is 3.70. The predicted octanol–water partition coefficient (Wildman–Crippen LogP) is 2.17. The van der Waals surface area contributed by atoms with Gasteiger partial charge in [-0.2, -0.15) is 0 Å². The zero-order valence-corrected chi connectivity index (χ0v) is 16.4. The number of nitrogens with zero attached hydrogens (tertiary/aromatic N) is 2. The maximum Gasteiger partial charge on any atom is 0.259 e. The number of Topliss-reactive ketones (excluding diaryl/α,β-unsaturated/α-hetero) is 1. The molecule has 27 heavy (non-hydrogen) atoms. The monoisotopic (exact) mass is 402 g/mol. The number of carbonyl (C=O) groups is 2. The molecule has 0 aromatic carbocycles. The number of carbonyl (C=O) groups excluding carboxylic acids is 2. The highest BCUT2D eigenvalue weighted by molar-refractivity contribution is 7.18. The van der Waals surface area contributed by atoms with Crippen LogP contribution in [0, 0.1) is 6.92 Å². The molecule has 9 heteroatoms. The number of aryl methyl sites for hydroxylation is 4. The molecule has 140 valence electrons. The van der Waals surface area contributed by atoms with Crippen LogP contribution in [0.4, 0.5) is 0 Å². The van der Waals surface area contributed by atoms with Gasteiger partial charge < -0.3 is 10.3 Å². The zero-order chi connectivity index (χ0) is 19.0. The normalized spacial score (nSPS) is 13.1. The van der Waals surface area contributed by atoms with Gasteiger partial charge in [0.05, 0.1) is 16.9 Å². The summed E-state index contributed by atoms with van der Waals surface area (Å²) in [5.74, 6) is 0.0319.